The number of hydrogen-bond donors (Lipinski definition) is 0. The van der Waals surface area contributed by atoms with Gasteiger partial charge in [-0.1, -0.05) is 36.4 Å². The summed E-state index contributed by atoms with van der Waals surface area (Å²) in [5, 5.41) is 0. The maximum atomic E-state index is 13.2. The molecule has 0 aliphatic heterocycles. The van der Waals surface area contributed by atoms with Gasteiger partial charge < -0.3 is 19.1 Å². The van der Waals surface area contributed by atoms with Crippen molar-refractivity contribution in [1.82, 2.24) is 4.90 Å². The minimum atomic E-state index is -0.0723. The topological polar surface area (TPSA) is 48.0 Å². The highest BCUT2D eigenvalue weighted by molar-refractivity contribution is 5.78. The van der Waals surface area contributed by atoms with E-state index < -0.39 is 0 Å². The number of benzene rings is 3. The van der Waals surface area contributed by atoms with Crippen LogP contribution in [0.1, 0.15) is 27.8 Å². The second-order valence-corrected chi connectivity index (χ2v) is 7.89. The third kappa shape index (κ3) is 5.82. The lowest BCUT2D eigenvalue weighted by Crippen LogP contribution is -2.34. The summed E-state index contributed by atoms with van der Waals surface area (Å²) >= 11 is 0. The number of ether oxygens (including phenoxy) is 3. The van der Waals surface area contributed by atoms with Gasteiger partial charge in [-0.25, -0.2) is 0 Å². The fraction of sp³-hybridized carbons (Fsp3) is 0.296. The molecule has 5 nitrogen and oxygen atoms in total. The summed E-state index contributed by atoms with van der Waals surface area (Å²) in [4.78, 5) is 15.0. The van der Waals surface area contributed by atoms with E-state index in [1.807, 2.05) is 80.3 Å². The van der Waals surface area contributed by atoms with Crippen LogP contribution >= 0.6 is 0 Å². The van der Waals surface area contributed by atoms with E-state index in [0.717, 1.165) is 45.1 Å². The first-order valence-electron chi connectivity index (χ1n) is 10.6. The molecular formula is C27H31NO4. The van der Waals surface area contributed by atoms with Gasteiger partial charge in [0.15, 0.2) is 6.61 Å². The van der Waals surface area contributed by atoms with Gasteiger partial charge in [0.25, 0.3) is 5.91 Å². The van der Waals surface area contributed by atoms with Crippen LogP contribution in [-0.4, -0.2) is 31.6 Å². The predicted octanol–water partition coefficient (Wildman–Crippen LogP) is 5.24. The molecule has 3 aromatic rings. The van der Waals surface area contributed by atoms with Crippen LogP contribution in [0.3, 0.4) is 0 Å². The second kappa shape index (κ2) is 10.7. The smallest absolute Gasteiger partial charge is 0.261 e. The molecule has 0 N–H and O–H groups in total. The molecule has 3 rings (SSSR count). The van der Waals surface area contributed by atoms with E-state index in [1.54, 1.807) is 14.2 Å². The van der Waals surface area contributed by atoms with Crippen LogP contribution in [0, 0.1) is 20.8 Å². The summed E-state index contributed by atoms with van der Waals surface area (Å²) in [5.74, 6) is 2.29. The summed E-state index contributed by atoms with van der Waals surface area (Å²) in [6.45, 7) is 7.00. The van der Waals surface area contributed by atoms with E-state index in [0.29, 0.717) is 13.1 Å². The molecule has 0 fully saturated rings. The van der Waals surface area contributed by atoms with Crippen LogP contribution in [0.2, 0.25) is 0 Å². The quantitative estimate of drug-likeness (QED) is 0.463. The predicted molar refractivity (Wildman–Crippen MR) is 126 cm³/mol. The van der Waals surface area contributed by atoms with Crippen LogP contribution in [0.5, 0.6) is 17.2 Å². The molecule has 168 valence electrons. The Bertz CT molecular complexity index is 993. The van der Waals surface area contributed by atoms with Gasteiger partial charge >= 0.3 is 0 Å². The van der Waals surface area contributed by atoms with Crippen molar-refractivity contribution < 1.29 is 19.0 Å². The van der Waals surface area contributed by atoms with Gasteiger partial charge in [0.2, 0.25) is 0 Å². The number of carbonyl (C=O) groups excluding carboxylic acids is 1. The van der Waals surface area contributed by atoms with Gasteiger partial charge in [-0.15, -0.1) is 0 Å². The highest BCUT2D eigenvalue weighted by Gasteiger charge is 2.17. The highest BCUT2D eigenvalue weighted by Crippen LogP contribution is 2.26. The van der Waals surface area contributed by atoms with Gasteiger partial charge in [-0.2, -0.15) is 0 Å². The molecule has 0 radical (unpaired) electrons. The maximum absolute atomic E-state index is 13.2. The lowest BCUT2D eigenvalue weighted by atomic mass is 10.1. The monoisotopic (exact) mass is 433 g/mol. The molecule has 0 saturated heterocycles. The third-order valence-corrected chi connectivity index (χ3v) is 5.63. The molecule has 0 aliphatic carbocycles. The van der Waals surface area contributed by atoms with Crippen LogP contribution in [-0.2, 0) is 17.9 Å². The second-order valence-electron chi connectivity index (χ2n) is 7.89. The van der Waals surface area contributed by atoms with Gasteiger partial charge in [0.1, 0.15) is 17.2 Å². The minimum absolute atomic E-state index is 0.0164. The number of rotatable bonds is 9. The summed E-state index contributed by atoms with van der Waals surface area (Å²) in [5.41, 5.74) is 5.28. The highest BCUT2D eigenvalue weighted by atomic mass is 16.5. The summed E-state index contributed by atoms with van der Waals surface area (Å²) in [7, 11) is 3.28. The minimum Gasteiger partial charge on any atom is -0.497 e. The van der Waals surface area contributed by atoms with Crippen molar-refractivity contribution in [2.24, 2.45) is 0 Å². The molecule has 0 bridgehead atoms. The molecule has 0 heterocycles. The van der Waals surface area contributed by atoms with E-state index in [-0.39, 0.29) is 12.5 Å². The van der Waals surface area contributed by atoms with Crippen LogP contribution in [0.25, 0.3) is 0 Å². The normalized spacial score (nSPS) is 10.5. The zero-order valence-electron chi connectivity index (χ0n) is 19.5. The van der Waals surface area contributed by atoms with E-state index in [1.165, 1.54) is 0 Å². The largest absolute Gasteiger partial charge is 0.497 e. The number of carbonyl (C=O) groups is 1. The first kappa shape index (κ1) is 23.2. The third-order valence-electron chi connectivity index (χ3n) is 5.63. The van der Waals surface area contributed by atoms with Crippen molar-refractivity contribution >= 4 is 5.91 Å². The van der Waals surface area contributed by atoms with Crippen molar-refractivity contribution in [3.8, 4) is 17.2 Å². The van der Waals surface area contributed by atoms with Gasteiger partial charge in [0.05, 0.1) is 14.2 Å². The summed E-state index contributed by atoms with van der Waals surface area (Å²) < 4.78 is 16.5. The van der Waals surface area contributed by atoms with Crippen molar-refractivity contribution in [3.63, 3.8) is 0 Å². The molecule has 0 aliphatic rings. The Morgan fingerprint density at radius 2 is 1.19 bits per heavy atom. The van der Waals surface area contributed by atoms with Gasteiger partial charge in [-0.3, -0.25) is 4.79 Å². The fourth-order valence-corrected chi connectivity index (χ4v) is 3.51. The Labute approximate surface area is 190 Å². The Hall–Kier alpha value is -3.47. The standard InChI is InChI=1S/C27H31NO4/c1-19-6-7-20(2)27(21(19)3)32-18-26(29)28(16-22-8-12-24(30-4)13-9-22)17-23-10-14-25(31-5)15-11-23/h6-15H,16-18H2,1-5H3. The number of amides is 1. The van der Waals surface area contributed by atoms with Crippen molar-refractivity contribution in [2.75, 3.05) is 20.8 Å². The van der Waals surface area contributed by atoms with E-state index in [2.05, 4.69) is 6.07 Å². The Balaban J connectivity index is 1.78. The molecule has 0 spiro atoms. The lowest BCUT2D eigenvalue weighted by molar-refractivity contribution is -0.134. The number of aryl methyl sites for hydroxylation is 2. The summed E-state index contributed by atoms with van der Waals surface area (Å²) in [6.07, 6.45) is 0. The SMILES string of the molecule is COc1ccc(CN(Cc2ccc(OC)cc2)C(=O)COc2c(C)ccc(C)c2C)cc1. The fourth-order valence-electron chi connectivity index (χ4n) is 3.51. The molecule has 32 heavy (non-hydrogen) atoms. The molecule has 1 amide bonds. The molecule has 0 unspecified atom stereocenters. The van der Waals surface area contributed by atoms with Gasteiger partial charge in [-0.05, 0) is 72.9 Å². The van der Waals surface area contributed by atoms with Crippen LogP contribution in [0.4, 0.5) is 0 Å². The summed E-state index contributed by atoms with van der Waals surface area (Å²) in [6, 6.07) is 19.6. The zero-order chi connectivity index (χ0) is 23.1. The van der Waals surface area contributed by atoms with Crippen LogP contribution in [0.15, 0.2) is 60.7 Å². The Morgan fingerprint density at radius 1 is 0.719 bits per heavy atom. The average molecular weight is 434 g/mol. The van der Waals surface area contributed by atoms with E-state index >= 15 is 0 Å². The number of methoxy groups -OCH3 is 2. The first-order chi connectivity index (χ1) is 15.4. The number of nitrogens with zero attached hydrogens (tertiary/aromatic N) is 1. The van der Waals surface area contributed by atoms with Crippen molar-refractivity contribution in [2.45, 2.75) is 33.9 Å². The Kier molecular flexibility index (Phi) is 7.77. The van der Waals surface area contributed by atoms with Gasteiger partial charge in [0, 0.05) is 13.1 Å². The van der Waals surface area contributed by atoms with E-state index in [4.69, 9.17) is 14.2 Å². The number of hydrogen-bond acceptors (Lipinski definition) is 4. The van der Waals surface area contributed by atoms with Crippen molar-refractivity contribution in [1.29, 1.82) is 0 Å². The Morgan fingerprint density at radius 3 is 1.66 bits per heavy atom. The van der Waals surface area contributed by atoms with Crippen LogP contribution < -0.4 is 14.2 Å². The molecule has 0 aromatic heterocycles. The average Bonchev–Trinajstić information content (AvgIpc) is 2.82. The molecule has 3 aromatic carbocycles. The molecule has 0 atom stereocenters. The maximum Gasteiger partial charge on any atom is 0.261 e. The molecule has 0 saturated carbocycles. The van der Waals surface area contributed by atoms with Crippen molar-refractivity contribution in [3.05, 3.63) is 88.5 Å². The molecule has 5 heteroatoms. The lowest BCUT2D eigenvalue weighted by Gasteiger charge is -2.24. The molecular weight excluding hydrogens is 402 g/mol. The van der Waals surface area contributed by atoms with E-state index in [9.17, 15) is 4.79 Å². The zero-order valence-corrected chi connectivity index (χ0v) is 19.5. The first-order valence-corrected chi connectivity index (χ1v) is 10.6.